The highest BCUT2D eigenvalue weighted by Crippen LogP contribution is 2.29. The fourth-order valence-electron chi connectivity index (χ4n) is 3.02. The number of rotatable bonds is 3. The van der Waals surface area contributed by atoms with Crippen LogP contribution in [0.2, 0.25) is 0 Å². The highest BCUT2D eigenvalue weighted by atomic mass is 32.2. The maximum absolute atomic E-state index is 12.3. The number of nitrogens with one attached hydrogen (secondary N) is 1. The van der Waals surface area contributed by atoms with E-state index in [1.165, 1.54) is 11.8 Å². The van der Waals surface area contributed by atoms with Crippen molar-refractivity contribution in [2.45, 2.75) is 0 Å². The average molecular weight is 394 g/mol. The lowest BCUT2D eigenvalue weighted by molar-refractivity contribution is -0.115. The minimum absolute atomic E-state index is 0.0818. The van der Waals surface area contributed by atoms with Crippen molar-refractivity contribution in [3.63, 3.8) is 0 Å². The van der Waals surface area contributed by atoms with Crippen molar-refractivity contribution in [2.75, 3.05) is 7.11 Å². The Kier molecular flexibility index (Phi) is 4.56. The topological polar surface area (TPSA) is 77.6 Å². The average Bonchev–Trinajstić information content (AvgIpc) is 3.14. The van der Waals surface area contributed by atoms with Crippen molar-refractivity contribution in [3.05, 3.63) is 63.4 Å². The number of aliphatic imine (C=N–C) groups is 1. The standard InChI is InChI=1S/C20H18N4O3S/c1-23-15-9-4-12(10-16(15)24(2)20(23)26)11-17-18(25)22-19(28-17)21-13-5-7-14(27-3)8-6-13/h4-11H,1-3H3,(H,21,22,25)/b17-11-. The van der Waals surface area contributed by atoms with Gasteiger partial charge >= 0.3 is 5.69 Å². The van der Waals surface area contributed by atoms with Crippen LogP contribution in [0.5, 0.6) is 5.75 Å². The Morgan fingerprint density at radius 2 is 1.75 bits per heavy atom. The van der Waals surface area contributed by atoms with Crippen molar-refractivity contribution in [3.8, 4) is 5.75 Å². The third-order valence-corrected chi connectivity index (χ3v) is 5.46. The molecule has 1 aliphatic heterocycles. The van der Waals surface area contributed by atoms with Gasteiger partial charge in [0.15, 0.2) is 5.17 Å². The highest BCUT2D eigenvalue weighted by molar-refractivity contribution is 8.18. The Morgan fingerprint density at radius 1 is 1.04 bits per heavy atom. The fraction of sp³-hybridized carbons (Fsp3) is 0.150. The lowest BCUT2D eigenvalue weighted by Gasteiger charge is -2.00. The summed E-state index contributed by atoms with van der Waals surface area (Å²) in [6.45, 7) is 0. The number of carbonyl (C=O) groups excluding carboxylic acids is 1. The first-order valence-electron chi connectivity index (χ1n) is 8.55. The van der Waals surface area contributed by atoms with E-state index >= 15 is 0 Å². The van der Waals surface area contributed by atoms with Crippen LogP contribution in [0.15, 0.2) is 57.2 Å². The zero-order valence-corrected chi connectivity index (χ0v) is 16.4. The number of methoxy groups -OCH3 is 1. The molecule has 1 N–H and O–H groups in total. The zero-order valence-electron chi connectivity index (χ0n) is 15.6. The third kappa shape index (κ3) is 3.22. The van der Waals surface area contributed by atoms with Gasteiger partial charge in [0.25, 0.3) is 5.91 Å². The van der Waals surface area contributed by atoms with Gasteiger partial charge in [0.05, 0.1) is 28.7 Å². The number of carbonyl (C=O) groups is 1. The van der Waals surface area contributed by atoms with Gasteiger partial charge in [-0.3, -0.25) is 13.9 Å². The molecule has 0 bridgehead atoms. The molecule has 1 fully saturated rings. The van der Waals surface area contributed by atoms with Crippen LogP contribution in [0.4, 0.5) is 5.69 Å². The molecule has 142 valence electrons. The van der Waals surface area contributed by atoms with Crippen molar-refractivity contribution < 1.29 is 9.53 Å². The van der Waals surface area contributed by atoms with Crippen LogP contribution < -0.4 is 15.7 Å². The van der Waals surface area contributed by atoms with Crippen molar-refractivity contribution >= 4 is 45.6 Å². The maximum Gasteiger partial charge on any atom is 0.328 e. The lowest BCUT2D eigenvalue weighted by Crippen LogP contribution is -2.19. The first-order chi connectivity index (χ1) is 13.5. The van der Waals surface area contributed by atoms with E-state index in [-0.39, 0.29) is 11.6 Å². The van der Waals surface area contributed by atoms with E-state index in [4.69, 9.17) is 4.74 Å². The molecular weight excluding hydrogens is 376 g/mol. The normalized spacial score (nSPS) is 16.9. The van der Waals surface area contributed by atoms with Crippen LogP contribution in [0, 0.1) is 0 Å². The van der Waals surface area contributed by atoms with E-state index in [9.17, 15) is 9.59 Å². The first kappa shape index (κ1) is 18.1. The molecular formula is C20H18N4O3S. The summed E-state index contributed by atoms with van der Waals surface area (Å²) in [6.07, 6.45) is 1.80. The van der Waals surface area contributed by atoms with Gasteiger partial charge in [-0.05, 0) is 59.8 Å². The number of nitrogens with zero attached hydrogens (tertiary/aromatic N) is 3. The number of hydrogen-bond donors (Lipinski definition) is 1. The molecule has 4 rings (SSSR count). The van der Waals surface area contributed by atoms with E-state index in [0.29, 0.717) is 10.1 Å². The number of aromatic nitrogens is 2. The summed E-state index contributed by atoms with van der Waals surface area (Å²) < 4.78 is 8.33. The van der Waals surface area contributed by atoms with Crippen molar-refractivity contribution in [1.82, 2.24) is 14.5 Å². The van der Waals surface area contributed by atoms with Gasteiger partial charge in [0.1, 0.15) is 5.75 Å². The summed E-state index contributed by atoms with van der Waals surface area (Å²) in [4.78, 5) is 29.4. The van der Waals surface area contributed by atoms with Gasteiger partial charge in [-0.2, -0.15) is 0 Å². The van der Waals surface area contributed by atoms with E-state index in [0.717, 1.165) is 28.0 Å². The predicted octanol–water partition coefficient (Wildman–Crippen LogP) is 2.78. The Bertz CT molecular complexity index is 1200. The summed E-state index contributed by atoms with van der Waals surface area (Å²) >= 11 is 1.28. The Labute approximate surface area is 165 Å². The Hall–Kier alpha value is -3.26. The second-order valence-electron chi connectivity index (χ2n) is 6.33. The molecule has 0 atom stereocenters. The predicted molar refractivity (Wildman–Crippen MR) is 112 cm³/mol. The molecule has 1 saturated heterocycles. The minimum atomic E-state index is -0.195. The van der Waals surface area contributed by atoms with Crippen molar-refractivity contribution in [1.29, 1.82) is 0 Å². The molecule has 0 aliphatic carbocycles. The van der Waals surface area contributed by atoms with Crippen LogP contribution >= 0.6 is 11.8 Å². The summed E-state index contributed by atoms with van der Waals surface area (Å²) in [7, 11) is 5.08. The quantitative estimate of drug-likeness (QED) is 0.693. The first-order valence-corrected chi connectivity index (χ1v) is 9.37. The molecule has 3 aromatic rings. The molecule has 28 heavy (non-hydrogen) atoms. The third-order valence-electron chi connectivity index (χ3n) is 4.55. The van der Waals surface area contributed by atoms with Gasteiger partial charge in [-0.15, -0.1) is 0 Å². The second-order valence-corrected chi connectivity index (χ2v) is 7.36. The summed E-state index contributed by atoms with van der Waals surface area (Å²) in [6, 6.07) is 13.0. The molecule has 0 spiro atoms. The van der Waals surface area contributed by atoms with E-state index in [1.807, 2.05) is 42.5 Å². The Balaban J connectivity index is 1.62. The zero-order chi connectivity index (χ0) is 19.8. The van der Waals surface area contributed by atoms with Crippen LogP contribution in [-0.4, -0.2) is 27.3 Å². The molecule has 0 saturated carbocycles. The van der Waals surface area contributed by atoms with E-state index in [1.54, 1.807) is 36.4 Å². The number of benzene rings is 2. The van der Waals surface area contributed by atoms with Gasteiger partial charge in [-0.25, -0.2) is 9.79 Å². The molecule has 1 amide bonds. The minimum Gasteiger partial charge on any atom is -0.497 e. The second kappa shape index (κ2) is 7.05. The largest absolute Gasteiger partial charge is 0.497 e. The highest BCUT2D eigenvalue weighted by Gasteiger charge is 2.24. The molecule has 7 nitrogen and oxygen atoms in total. The monoisotopic (exact) mass is 394 g/mol. The molecule has 2 aromatic carbocycles. The van der Waals surface area contributed by atoms with Crippen LogP contribution in [0.3, 0.4) is 0 Å². The lowest BCUT2D eigenvalue weighted by atomic mass is 10.2. The summed E-state index contributed by atoms with van der Waals surface area (Å²) in [5.41, 5.74) is 3.15. The van der Waals surface area contributed by atoms with Gasteiger partial charge in [-0.1, -0.05) is 6.07 Å². The summed E-state index contributed by atoms with van der Waals surface area (Å²) in [5.74, 6) is 0.553. The molecule has 0 radical (unpaired) electrons. The number of amidine groups is 1. The fourth-order valence-corrected chi connectivity index (χ4v) is 3.86. The maximum atomic E-state index is 12.3. The van der Waals surface area contributed by atoms with Gasteiger partial charge in [0.2, 0.25) is 0 Å². The van der Waals surface area contributed by atoms with Crippen LogP contribution in [0.25, 0.3) is 17.1 Å². The molecule has 1 aliphatic rings. The van der Waals surface area contributed by atoms with Crippen molar-refractivity contribution in [2.24, 2.45) is 19.1 Å². The van der Waals surface area contributed by atoms with E-state index < -0.39 is 0 Å². The number of aryl methyl sites for hydroxylation is 2. The number of fused-ring (bicyclic) bond motifs is 1. The number of hydrogen-bond acceptors (Lipinski definition) is 5. The number of amides is 1. The molecule has 8 heteroatoms. The molecule has 1 aromatic heterocycles. The Morgan fingerprint density at radius 3 is 2.46 bits per heavy atom. The molecule has 0 unspecified atom stereocenters. The summed E-state index contributed by atoms with van der Waals surface area (Å²) in [5, 5.41) is 3.30. The SMILES string of the molecule is COc1ccc(N=C2NC(=O)/C(=C/c3ccc4c(c3)n(C)c(=O)n4C)S2)cc1. The number of ether oxygens (including phenoxy) is 1. The smallest absolute Gasteiger partial charge is 0.328 e. The molecule has 2 heterocycles. The van der Waals surface area contributed by atoms with Gasteiger partial charge < -0.3 is 10.1 Å². The number of imidazole rings is 1. The number of thioether (sulfide) groups is 1. The van der Waals surface area contributed by atoms with E-state index in [2.05, 4.69) is 10.3 Å². The van der Waals surface area contributed by atoms with Crippen LogP contribution in [0.1, 0.15) is 5.56 Å². The van der Waals surface area contributed by atoms with Gasteiger partial charge in [0, 0.05) is 14.1 Å². The van der Waals surface area contributed by atoms with Crippen LogP contribution in [-0.2, 0) is 18.9 Å².